The molecule has 10 heavy (non-hydrogen) atoms. The smallest absolute Gasteiger partial charge is 0.231 e. The summed E-state index contributed by atoms with van der Waals surface area (Å²) in [7, 11) is 0. The van der Waals surface area contributed by atoms with Gasteiger partial charge in [0.05, 0.1) is 12.1 Å². The summed E-state index contributed by atoms with van der Waals surface area (Å²) in [5.74, 6) is 0.578. The lowest BCUT2D eigenvalue weighted by Gasteiger charge is -1.91. The molecule has 0 unspecified atom stereocenters. The van der Waals surface area contributed by atoms with Gasteiger partial charge in [-0.05, 0) is 0 Å². The summed E-state index contributed by atoms with van der Waals surface area (Å²) in [5, 5.41) is 2.58. The van der Waals surface area contributed by atoms with Gasteiger partial charge < -0.3 is 5.32 Å². The average molecular weight is 135 g/mol. The second-order valence-corrected chi connectivity index (χ2v) is 2.08. The van der Waals surface area contributed by atoms with E-state index in [0.717, 1.165) is 5.69 Å². The lowest BCUT2D eigenvalue weighted by Crippen LogP contribution is -2.04. The summed E-state index contributed by atoms with van der Waals surface area (Å²) in [6.45, 7) is 0. The van der Waals surface area contributed by atoms with Gasteiger partial charge in [-0.15, -0.1) is 0 Å². The molecule has 1 amide bonds. The van der Waals surface area contributed by atoms with Gasteiger partial charge in [0, 0.05) is 12.4 Å². The summed E-state index contributed by atoms with van der Waals surface area (Å²) in [5.41, 5.74) is 0.743. The highest BCUT2D eigenvalue weighted by molar-refractivity contribution is 5.96. The number of aromatic nitrogens is 2. The van der Waals surface area contributed by atoms with Crippen molar-refractivity contribution in [2.45, 2.75) is 6.42 Å². The van der Waals surface area contributed by atoms with Gasteiger partial charge in [-0.2, -0.15) is 0 Å². The van der Waals surface area contributed by atoms with Crippen LogP contribution in [0.4, 0.5) is 5.82 Å². The third-order valence-electron chi connectivity index (χ3n) is 1.36. The fraction of sp³-hybridized carbons (Fsp3) is 0.167. The molecule has 4 heteroatoms. The molecule has 0 radical (unpaired) electrons. The second-order valence-electron chi connectivity index (χ2n) is 2.08. The van der Waals surface area contributed by atoms with Crippen LogP contribution >= 0.6 is 0 Å². The number of nitrogens with one attached hydrogen (secondary N) is 1. The van der Waals surface area contributed by atoms with Crippen molar-refractivity contribution in [3.63, 3.8) is 0 Å². The van der Waals surface area contributed by atoms with Gasteiger partial charge in [0.2, 0.25) is 5.91 Å². The third kappa shape index (κ3) is 0.655. The van der Waals surface area contributed by atoms with Crippen LogP contribution in [0, 0.1) is 0 Å². The zero-order valence-corrected chi connectivity index (χ0v) is 5.16. The van der Waals surface area contributed by atoms with Crippen molar-refractivity contribution in [3.05, 3.63) is 18.1 Å². The molecule has 0 saturated carbocycles. The number of rotatable bonds is 0. The summed E-state index contributed by atoms with van der Waals surface area (Å²) < 4.78 is 0. The first kappa shape index (κ1) is 5.34. The van der Waals surface area contributed by atoms with Crippen molar-refractivity contribution in [2.24, 2.45) is 0 Å². The highest BCUT2D eigenvalue weighted by Crippen LogP contribution is 2.15. The molecule has 0 aliphatic carbocycles. The lowest BCUT2D eigenvalue weighted by atomic mass is 10.3. The van der Waals surface area contributed by atoms with E-state index in [-0.39, 0.29) is 5.91 Å². The Balaban J connectivity index is 2.51. The van der Waals surface area contributed by atoms with E-state index in [9.17, 15) is 4.79 Å². The number of amides is 1. The van der Waals surface area contributed by atoms with E-state index in [1.807, 2.05) is 0 Å². The first-order valence-corrected chi connectivity index (χ1v) is 2.96. The molecule has 1 aromatic rings. The lowest BCUT2D eigenvalue weighted by molar-refractivity contribution is -0.115. The Morgan fingerprint density at radius 1 is 1.40 bits per heavy atom. The molecule has 50 valence electrons. The van der Waals surface area contributed by atoms with Crippen LogP contribution in [0.5, 0.6) is 0 Å². The van der Waals surface area contributed by atoms with Gasteiger partial charge in [0.15, 0.2) is 5.82 Å². The minimum absolute atomic E-state index is 0.0267. The normalized spacial score (nSPS) is 14.6. The minimum atomic E-state index is -0.0267. The molecule has 1 aromatic heterocycles. The van der Waals surface area contributed by atoms with Crippen LogP contribution in [0.15, 0.2) is 12.4 Å². The summed E-state index contributed by atoms with van der Waals surface area (Å²) in [6.07, 6.45) is 3.51. The topological polar surface area (TPSA) is 54.9 Å². The molecule has 0 atom stereocenters. The molecule has 1 aliphatic heterocycles. The maximum Gasteiger partial charge on any atom is 0.231 e. The molecule has 4 nitrogen and oxygen atoms in total. The SMILES string of the molecule is O=C1Cc2nccnc2N1. The largest absolute Gasteiger partial charge is 0.309 e. The van der Waals surface area contributed by atoms with Crippen molar-refractivity contribution < 1.29 is 4.79 Å². The molecule has 0 fully saturated rings. The van der Waals surface area contributed by atoms with E-state index in [4.69, 9.17) is 0 Å². The van der Waals surface area contributed by atoms with Crippen molar-refractivity contribution in [2.75, 3.05) is 5.32 Å². The van der Waals surface area contributed by atoms with Crippen LogP contribution in [-0.4, -0.2) is 15.9 Å². The Labute approximate surface area is 57.3 Å². The predicted octanol–water partition coefficient (Wildman–Crippen LogP) is -0.0288. The standard InChI is InChI=1S/C6H5N3O/c10-5-3-4-6(9-5)8-2-1-7-4/h1-2H,3H2,(H,8,9,10). The Morgan fingerprint density at radius 2 is 2.20 bits per heavy atom. The van der Waals surface area contributed by atoms with Gasteiger partial charge in [-0.1, -0.05) is 0 Å². The van der Waals surface area contributed by atoms with Gasteiger partial charge in [-0.3, -0.25) is 9.78 Å². The second kappa shape index (κ2) is 1.76. The van der Waals surface area contributed by atoms with E-state index in [1.165, 1.54) is 0 Å². The number of hydrogen-bond acceptors (Lipinski definition) is 3. The summed E-state index contributed by atoms with van der Waals surface area (Å²) in [4.78, 5) is 18.6. The minimum Gasteiger partial charge on any atom is -0.309 e. The molecule has 1 aliphatic rings. The van der Waals surface area contributed by atoms with Crippen LogP contribution in [0.3, 0.4) is 0 Å². The third-order valence-corrected chi connectivity index (χ3v) is 1.36. The van der Waals surface area contributed by atoms with E-state index in [0.29, 0.717) is 12.2 Å². The van der Waals surface area contributed by atoms with Crippen molar-refractivity contribution in [1.29, 1.82) is 0 Å². The fourth-order valence-electron chi connectivity index (χ4n) is 0.929. The summed E-state index contributed by atoms with van der Waals surface area (Å²) >= 11 is 0. The van der Waals surface area contributed by atoms with Crippen molar-refractivity contribution in [3.8, 4) is 0 Å². The molecular formula is C6H5N3O. The number of anilines is 1. The predicted molar refractivity (Wildman–Crippen MR) is 34.4 cm³/mol. The Bertz CT molecular complexity index is 257. The van der Waals surface area contributed by atoms with Crippen molar-refractivity contribution in [1.82, 2.24) is 9.97 Å². The highest BCUT2D eigenvalue weighted by atomic mass is 16.1. The molecular weight excluding hydrogens is 130 g/mol. The number of carbonyl (C=O) groups excluding carboxylic acids is 1. The van der Waals surface area contributed by atoms with Gasteiger partial charge in [-0.25, -0.2) is 4.98 Å². The van der Waals surface area contributed by atoms with Gasteiger partial charge in [0.25, 0.3) is 0 Å². The number of hydrogen-bond donors (Lipinski definition) is 1. The molecule has 0 bridgehead atoms. The molecule has 1 N–H and O–H groups in total. The van der Waals surface area contributed by atoms with E-state index < -0.39 is 0 Å². The molecule has 0 aromatic carbocycles. The van der Waals surface area contributed by atoms with Crippen LogP contribution in [-0.2, 0) is 11.2 Å². The monoisotopic (exact) mass is 135 g/mol. The summed E-state index contributed by atoms with van der Waals surface area (Å²) in [6, 6.07) is 0. The van der Waals surface area contributed by atoms with Gasteiger partial charge in [0.1, 0.15) is 0 Å². The number of fused-ring (bicyclic) bond motifs is 1. The number of nitrogens with zero attached hydrogens (tertiary/aromatic N) is 2. The van der Waals surface area contributed by atoms with Crippen LogP contribution < -0.4 is 5.32 Å². The molecule has 0 spiro atoms. The van der Waals surface area contributed by atoms with Crippen LogP contribution in [0.1, 0.15) is 5.69 Å². The van der Waals surface area contributed by atoms with E-state index in [2.05, 4.69) is 15.3 Å². The van der Waals surface area contributed by atoms with Gasteiger partial charge >= 0.3 is 0 Å². The highest BCUT2D eigenvalue weighted by Gasteiger charge is 2.18. The zero-order valence-electron chi connectivity index (χ0n) is 5.16. The molecule has 2 rings (SSSR count). The Morgan fingerprint density at radius 3 is 3.00 bits per heavy atom. The van der Waals surface area contributed by atoms with Crippen LogP contribution in [0.25, 0.3) is 0 Å². The first-order valence-electron chi connectivity index (χ1n) is 2.96. The van der Waals surface area contributed by atoms with E-state index >= 15 is 0 Å². The maximum absolute atomic E-state index is 10.7. The quantitative estimate of drug-likeness (QED) is 0.543. The average Bonchev–Trinajstić information content (AvgIpc) is 2.27. The number of carbonyl (C=O) groups is 1. The van der Waals surface area contributed by atoms with E-state index in [1.54, 1.807) is 12.4 Å². The zero-order chi connectivity index (χ0) is 6.97. The first-order chi connectivity index (χ1) is 4.86. The molecule has 0 saturated heterocycles. The Kier molecular flexibility index (Phi) is 0.943. The Hall–Kier alpha value is -1.45. The maximum atomic E-state index is 10.7. The fourth-order valence-corrected chi connectivity index (χ4v) is 0.929. The molecule has 2 heterocycles. The van der Waals surface area contributed by atoms with Crippen LogP contribution in [0.2, 0.25) is 0 Å². The van der Waals surface area contributed by atoms with Crippen molar-refractivity contribution >= 4 is 11.7 Å².